The maximum Gasteiger partial charge on any atom is 0.416 e. The van der Waals surface area contributed by atoms with Crippen LogP contribution in [0.4, 0.5) is 30.6 Å². The van der Waals surface area contributed by atoms with E-state index in [-0.39, 0.29) is 11.6 Å². The number of hydrogen-bond acceptors (Lipinski definition) is 6. The summed E-state index contributed by atoms with van der Waals surface area (Å²) in [6.45, 7) is 0.330. The number of alkyl halides is 3. The van der Waals surface area contributed by atoms with Gasteiger partial charge in [-0.15, -0.1) is 0 Å². The highest BCUT2D eigenvalue weighted by Crippen LogP contribution is 2.29. The van der Waals surface area contributed by atoms with Gasteiger partial charge >= 0.3 is 6.18 Å². The number of aliphatic hydroxyl groups excluding tert-OH is 1. The second kappa shape index (κ2) is 6.87. The fourth-order valence-electron chi connectivity index (χ4n) is 2.80. The topological polar surface area (TPSA) is 116 Å². The Morgan fingerprint density at radius 1 is 1.31 bits per heavy atom. The number of H-pyrrole nitrogens is 1. The van der Waals surface area contributed by atoms with Gasteiger partial charge in [0.05, 0.1) is 17.7 Å². The Kier molecular flexibility index (Phi) is 4.77. The van der Waals surface area contributed by atoms with Crippen molar-refractivity contribution in [1.82, 2.24) is 9.97 Å². The van der Waals surface area contributed by atoms with E-state index in [0.717, 1.165) is 12.1 Å². The van der Waals surface area contributed by atoms with Gasteiger partial charge in [0.15, 0.2) is 5.82 Å². The number of halogens is 3. The Labute approximate surface area is 146 Å². The minimum Gasteiger partial charge on any atom is -0.391 e. The van der Waals surface area contributed by atoms with E-state index in [4.69, 9.17) is 5.73 Å². The van der Waals surface area contributed by atoms with Gasteiger partial charge in [-0.1, -0.05) is 12.1 Å². The minimum atomic E-state index is -4.37. The van der Waals surface area contributed by atoms with Crippen LogP contribution in [0.5, 0.6) is 0 Å². The Bertz CT molecular complexity index is 835. The zero-order valence-electron chi connectivity index (χ0n) is 13.6. The molecule has 0 amide bonds. The normalized spacial score (nSPS) is 17.8. The van der Waals surface area contributed by atoms with Gasteiger partial charge in [-0.2, -0.15) is 18.2 Å². The summed E-state index contributed by atoms with van der Waals surface area (Å²) in [5.74, 6) is 0.307. The molecule has 1 aromatic heterocycles. The first-order chi connectivity index (χ1) is 12.2. The average Bonchev–Trinajstić information content (AvgIpc) is 2.59. The number of nitrogen functional groups attached to an aromatic ring is 1. The second-order valence-electron chi connectivity index (χ2n) is 6.11. The summed E-state index contributed by atoms with van der Waals surface area (Å²) >= 11 is 0. The van der Waals surface area contributed by atoms with Crippen molar-refractivity contribution in [3.05, 3.63) is 45.7 Å². The van der Waals surface area contributed by atoms with E-state index in [1.807, 2.05) is 0 Å². The molecule has 140 valence electrons. The van der Waals surface area contributed by atoms with Crippen molar-refractivity contribution in [3.63, 3.8) is 0 Å². The third-order valence-electron chi connectivity index (χ3n) is 4.23. The van der Waals surface area contributed by atoms with Crippen molar-refractivity contribution < 1.29 is 18.3 Å². The van der Waals surface area contributed by atoms with Crippen LogP contribution >= 0.6 is 0 Å². The van der Waals surface area contributed by atoms with Crippen LogP contribution < -0.4 is 21.9 Å². The average molecular weight is 369 g/mol. The van der Waals surface area contributed by atoms with Gasteiger partial charge in [-0.3, -0.25) is 9.78 Å². The molecule has 1 aliphatic heterocycles. The Morgan fingerprint density at radius 3 is 2.65 bits per heavy atom. The fraction of sp³-hybridized carbons (Fsp3) is 0.375. The van der Waals surface area contributed by atoms with Crippen LogP contribution in [0.3, 0.4) is 0 Å². The maximum atomic E-state index is 12.6. The highest BCUT2D eigenvalue weighted by Gasteiger charge is 2.30. The number of nitrogens with two attached hydrogens (primary N) is 1. The van der Waals surface area contributed by atoms with E-state index in [2.05, 4.69) is 20.6 Å². The molecule has 2 heterocycles. The predicted molar refractivity (Wildman–Crippen MR) is 90.9 cm³/mol. The summed E-state index contributed by atoms with van der Waals surface area (Å²) < 4.78 is 37.7. The molecule has 26 heavy (non-hydrogen) atoms. The highest BCUT2D eigenvalue weighted by atomic mass is 19.4. The Morgan fingerprint density at radius 2 is 2.00 bits per heavy atom. The molecular weight excluding hydrogens is 351 g/mol. The molecule has 6 N–H and O–H groups in total. The van der Waals surface area contributed by atoms with Gasteiger partial charge in [0.2, 0.25) is 5.95 Å². The van der Waals surface area contributed by atoms with Crippen LogP contribution in [0, 0.1) is 0 Å². The molecule has 7 nitrogen and oxygen atoms in total. The summed E-state index contributed by atoms with van der Waals surface area (Å²) in [7, 11) is 0. The van der Waals surface area contributed by atoms with Crippen LogP contribution in [0.2, 0.25) is 0 Å². The highest BCUT2D eigenvalue weighted by molar-refractivity contribution is 5.67. The number of aromatic amines is 1. The van der Waals surface area contributed by atoms with Crippen molar-refractivity contribution >= 4 is 17.5 Å². The van der Waals surface area contributed by atoms with E-state index >= 15 is 0 Å². The summed E-state index contributed by atoms with van der Waals surface area (Å²) in [5.41, 5.74) is 5.21. The van der Waals surface area contributed by atoms with Crippen LogP contribution in [0.25, 0.3) is 0 Å². The summed E-state index contributed by atoms with van der Waals surface area (Å²) in [5, 5.41) is 16.2. The lowest BCUT2D eigenvalue weighted by atomic mass is 10.00. The number of rotatable bonds is 4. The van der Waals surface area contributed by atoms with Crippen molar-refractivity contribution in [3.8, 4) is 0 Å². The van der Waals surface area contributed by atoms with Gasteiger partial charge in [-0.05, 0) is 30.5 Å². The summed E-state index contributed by atoms with van der Waals surface area (Å²) in [6.07, 6.45) is -4.45. The van der Waals surface area contributed by atoms with E-state index < -0.39 is 29.4 Å². The first-order valence-corrected chi connectivity index (χ1v) is 7.98. The molecule has 1 aliphatic rings. The van der Waals surface area contributed by atoms with Crippen molar-refractivity contribution in [2.75, 3.05) is 22.9 Å². The van der Waals surface area contributed by atoms with E-state index in [1.54, 1.807) is 0 Å². The molecule has 2 atom stereocenters. The SMILES string of the molecule is Nc1nc2c(c(=O)[nH]1)N[C@@H]([C@H](O)CCc1ccc(C(F)(F)F)cc1)CN2. The molecule has 0 saturated carbocycles. The van der Waals surface area contributed by atoms with Crippen molar-refractivity contribution in [1.29, 1.82) is 0 Å². The molecule has 10 heteroatoms. The van der Waals surface area contributed by atoms with E-state index in [0.29, 0.717) is 30.8 Å². The fourth-order valence-corrected chi connectivity index (χ4v) is 2.80. The summed E-state index contributed by atoms with van der Waals surface area (Å²) in [6, 6.07) is 4.40. The number of aliphatic hydroxyl groups is 1. The van der Waals surface area contributed by atoms with Gasteiger partial charge in [0.1, 0.15) is 5.69 Å². The van der Waals surface area contributed by atoms with Gasteiger partial charge in [0.25, 0.3) is 5.56 Å². The zero-order chi connectivity index (χ0) is 18.9. The molecule has 0 fully saturated rings. The molecule has 3 rings (SSSR count). The smallest absolute Gasteiger partial charge is 0.391 e. The lowest BCUT2D eigenvalue weighted by Crippen LogP contribution is -2.45. The van der Waals surface area contributed by atoms with Crippen LogP contribution in [0.1, 0.15) is 17.5 Å². The molecule has 0 spiro atoms. The number of benzene rings is 1. The zero-order valence-corrected chi connectivity index (χ0v) is 13.6. The second-order valence-corrected chi connectivity index (χ2v) is 6.11. The van der Waals surface area contributed by atoms with Crippen LogP contribution in [-0.4, -0.2) is 33.8 Å². The lowest BCUT2D eigenvalue weighted by Gasteiger charge is -2.30. The number of hydrogen-bond donors (Lipinski definition) is 5. The molecule has 0 bridgehead atoms. The van der Waals surface area contributed by atoms with E-state index in [1.165, 1.54) is 12.1 Å². The van der Waals surface area contributed by atoms with Crippen LogP contribution in [0.15, 0.2) is 29.1 Å². The third kappa shape index (κ3) is 3.90. The number of aryl methyl sites for hydroxylation is 1. The Balaban J connectivity index is 1.60. The minimum absolute atomic E-state index is 0.00986. The molecule has 0 aliphatic carbocycles. The predicted octanol–water partition coefficient (Wildman–Crippen LogP) is 1.57. The molecule has 0 unspecified atom stereocenters. The standard InChI is InChI=1S/C16H18F3N5O2/c17-16(18,19)9-4-1-8(2-5-9)3-6-11(25)10-7-21-13-12(22-10)14(26)24-15(20)23-13/h1-2,4-5,10-11,22,25H,3,6-7H2,(H4,20,21,23,24,26)/t10-,11-/m1/s1. The quantitative estimate of drug-likeness (QED) is 0.559. The first-order valence-electron chi connectivity index (χ1n) is 7.98. The monoisotopic (exact) mass is 369 g/mol. The number of nitrogens with one attached hydrogen (secondary N) is 3. The Hall–Kier alpha value is -2.75. The van der Waals surface area contributed by atoms with Crippen molar-refractivity contribution in [2.24, 2.45) is 0 Å². The number of aromatic nitrogens is 2. The summed E-state index contributed by atoms with van der Waals surface area (Å²) in [4.78, 5) is 18.2. The van der Waals surface area contributed by atoms with Crippen molar-refractivity contribution in [2.45, 2.75) is 31.2 Å². The molecule has 1 aromatic carbocycles. The lowest BCUT2D eigenvalue weighted by molar-refractivity contribution is -0.137. The number of anilines is 3. The number of fused-ring (bicyclic) bond motifs is 1. The maximum absolute atomic E-state index is 12.6. The number of nitrogens with zero attached hydrogens (tertiary/aromatic N) is 1. The molecule has 0 radical (unpaired) electrons. The first kappa shape index (κ1) is 18.1. The van der Waals surface area contributed by atoms with Crippen LogP contribution in [-0.2, 0) is 12.6 Å². The third-order valence-corrected chi connectivity index (χ3v) is 4.23. The molecule has 2 aromatic rings. The molecular formula is C16H18F3N5O2. The van der Waals surface area contributed by atoms with Gasteiger partial charge in [0, 0.05) is 6.54 Å². The molecule has 0 saturated heterocycles. The van der Waals surface area contributed by atoms with E-state index in [9.17, 15) is 23.1 Å². The largest absolute Gasteiger partial charge is 0.416 e. The van der Waals surface area contributed by atoms with Gasteiger partial charge in [-0.25, -0.2) is 0 Å². The van der Waals surface area contributed by atoms with Gasteiger partial charge < -0.3 is 21.5 Å².